The van der Waals surface area contributed by atoms with Crippen LogP contribution < -0.4 is 10.1 Å². The molecule has 0 atom stereocenters. The van der Waals surface area contributed by atoms with Gasteiger partial charge in [0.05, 0.1) is 7.05 Å². The molecule has 2 aromatic rings. The van der Waals surface area contributed by atoms with Crippen LogP contribution in [-0.2, 0) is 7.05 Å². The number of fused-ring (bicyclic) bond motifs is 1. The van der Waals surface area contributed by atoms with E-state index in [0.717, 1.165) is 0 Å². The van der Waals surface area contributed by atoms with Crippen molar-refractivity contribution in [1.82, 2.24) is 15.0 Å². The number of azo groups is 1. The third-order valence-corrected chi connectivity index (χ3v) is 2.69. The van der Waals surface area contributed by atoms with Crippen LogP contribution in [0.25, 0.3) is 11.2 Å². The average molecular weight is 335 g/mol. The van der Waals surface area contributed by atoms with Gasteiger partial charge in [-0.25, -0.2) is 9.55 Å². The van der Waals surface area contributed by atoms with Gasteiger partial charge in [0.1, 0.15) is 11.5 Å². The molecule has 0 aromatic carbocycles. The van der Waals surface area contributed by atoms with Gasteiger partial charge >= 0.3 is 5.56 Å². The highest BCUT2D eigenvalue weighted by atomic mass is 16.3. The maximum atomic E-state index is 11.9. The smallest absolute Gasteiger partial charge is 0.304 e. The summed E-state index contributed by atoms with van der Waals surface area (Å²) in [7, 11) is 1.74. The highest BCUT2D eigenvalue weighted by molar-refractivity contribution is 5.65. The van der Waals surface area contributed by atoms with Crippen molar-refractivity contribution in [1.29, 1.82) is 0 Å². The summed E-state index contributed by atoms with van der Waals surface area (Å²) in [5.41, 5.74) is 0.825. The maximum absolute atomic E-state index is 11.9. The van der Waals surface area contributed by atoms with Gasteiger partial charge in [-0.15, -0.1) is 10.2 Å². The van der Waals surface area contributed by atoms with Gasteiger partial charge in [-0.05, 0) is 19.9 Å². The Morgan fingerprint density at radius 1 is 1.25 bits per heavy atom. The number of H-pyrrole nitrogens is 2. The van der Waals surface area contributed by atoms with Crippen molar-refractivity contribution in [3.05, 3.63) is 40.3 Å². The first-order valence-corrected chi connectivity index (χ1v) is 7.97. The molecule has 0 saturated carbocycles. The van der Waals surface area contributed by atoms with E-state index >= 15 is 0 Å². The van der Waals surface area contributed by atoms with Crippen molar-refractivity contribution in [2.24, 2.45) is 17.3 Å². The van der Waals surface area contributed by atoms with Crippen molar-refractivity contribution < 1.29 is 9.67 Å². The number of imidazole rings is 1. The fourth-order valence-corrected chi connectivity index (χ4v) is 1.66. The summed E-state index contributed by atoms with van der Waals surface area (Å²) < 4.78 is 1.63. The molecule has 0 radical (unpaired) electrons. The third kappa shape index (κ3) is 5.15. The molecule has 8 nitrogen and oxygen atoms in total. The summed E-state index contributed by atoms with van der Waals surface area (Å²) in [6.45, 7) is 11.4. The summed E-state index contributed by atoms with van der Waals surface area (Å²) in [5, 5.41) is 17.2. The molecule has 132 valence electrons. The Morgan fingerprint density at radius 2 is 1.88 bits per heavy atom. The first kappa shape index (κ1) is 21.2. The number of aliphatic hydroxyl groups is 1. The average Bonchev–Trinajstić information content (AvgIpc) is 3.00. The molecule has 0 bridgehead atoms. The number of rotatable bonds is 3. The second-order valence-electron chi connectivity index (χ2n) is 4.02. The van der Waals surface area contributed by atoms with Crippen LogP contribution in [0.4, 0.5) is 5.95 Å². The number of hydrogen-bond acceptors (Lipinski definition) is 5. The Bertz CT molecular complexity index is 783. The molecule has 3 N–H and O–H groups in total. The maximum Gasteiger partial charge on any atom is 0.304 e. The fraction of sp³-hybridized carbons (Fsp3) is 0.438. The van der Waals surface area contributed by atoms with E-state index in [4.69, 9.17) is 0 Å². The topological polar surface area (TPSA) is 110 Å². The molecular weight excluding hydrogens is 308 g/mol. The Kier molecular flexibility index (Phi) is 9.62. The van der Waals surface area contributed by atoms with Crippen molar-refractivity contribution in [2.75, 3.05) is 0 Å². The van der Waals surface area contributed by atoms with E-state index in [-0.39, 0.29) is 17.3 Å². The molecule has 0 unspecified atom stereocenters. The number of aromatic amines is 2. The number of nitrogens with one attached hydrogen (secondary N) is 2. The minimum Gasteiger partial charge on any atom is -0.506 e. The highest BCUT2D eigenvalue weighted by Gasteiger charge is 2.13. The summed E-state index contributed by atoms with van der Waals surface area (Å²) >= 11 is 0. The van der Waals surface area contributed by atoms with Crippen LogP contribution in [0, 0.1) is 0 Å². The molecule has 0 amide bonds. The molecule has 2 aromatic heterocycles. The second-order valence-corrected chi connectivity index (χ2v) is 4.02. The molecule has 0 spiro atoms. The zero-order valence-corrected chi connectivity index (χ0v) is 15.4. The standard InChI is InChI=1S/C12H14N6O2.2C2H6/c1-4-7(8(19)5-2)16-17-12-14-10-9(11(20)15-12)18(3)6-13-10;2*1-2/h4-6H,1-3H3,(H2,14,15,19,20);2*1-2H3/p+1/b7-4+,8-5+,17-16?;;. The molecule has 2 rings (SSSR count). The van der Waals surface area contributed by atoms with E-state index < -0.39 is 0 Å². The molecule has 0 fully saturated rings. The lowest BCUT2D eigenvalue weighted by molar-refractivity contribution is -0.645. The quantitative estimate of drug-likeness (QED) is 0.345. The fourth-order valence-electron chi connectivity index (χ4n) is 1.66. The summed E-state index contributed by atoms with van der Waals surface area (Å²) in [5.74, 6) is 0.0687. The Hall–Kier alpha value is -2.77. The van der Waals surface area contributed by atoms with Gasteiger partial charge in [0, 0.05) is 0 Å². The third-order valence-electron chi connectivity index (χ3n) is 2.69. The van der Waals surface area contributed by atoms with E-state index in [1.54, 1.807) is 37.9 Å². The SMILES string of the molecule is C/C=C(O)\C(=C/C)N=Nc1nc2[nH]c[n+](C)c2c(=O)[nH]1.CC.CC. The number of allylic oxidation sites excluding steroid dienone is 2. The summed E-state index contributed by atoms with van der Waals surface area (Å²) in [4.78, 5) is 21.4. The lowest BCUT2D eigenvalue weighted by Gasteiger charge is -1.96. The van der Waals surface area contributed by atoms with E-state index in [1.807, 2.05) is 27.7 Å². The Morgan fingerprint density at radius 3 is 2.42 bits per heavy atom. The van der Waals surface area contributed by atoms with E-state index in [1.165, 1.54) is 6.08 Å². The molecule has 0 aliphatic carbocycles. The molecule has 0 aliphatic heterocycles. The van der Waals surface area contributed by atoms with Crippen LogP contribution in [0.1, 0.15) is 41.5 Å². The van der Waals surface area contributed by atoms with Crippen LogP contribution in [0.3, 0.4) is 0 Å². The van der Waals surface area contributed by atoms with Crippen molar-refractivity contribution in [2.45, 2.75) is 41.5 Å². The predicted molar refractivity (Wildman–Crippen MR) is 95.2 cm³/mol. The second kappa shape index (κ2) is 10.9. The van der Waals surface area contributed by atoms with Crippen molar-refractivity contribution in [3.63, 3.8) is 0 Å². The van der Waals surface area contributed by atoms with Crippen LogP contribution in [0.2, 0.25) is 0 Å². The minimum atomic E-state index is -0.315. The van der Waals surface area contributed by atoms with Gasteiger partial charge in [0.2, 0.25) is 6.33 Å². The van der Waals surface area contributed by atoms with Crippen LogP contribution in [0.15, 0.2) is 45.0 Å². The molecular formula is C16H27N6O2+. The van der Waals surface area contributed by atoms with E-state index in [9.17, 15) is 9.90 Å². The van der Waals surface area contributed by atoms with Crippen LogP contribution >= 0.6 is 0 Å². The first-order chi connectivity index (χ1) is 11.6. The zero-order chi connectivity index (χ0) is 18.7. The molecule has 24 heavy (non-hydrogen) atoms. The van der Waals surface area contributed by atoms with Gasteiger partial charge < -0.3 is 5.11 Å². The number of nitrogens with zero attached hydrogens (tertiary/aromatic N) is 4. The minimum absolute atomic E-state index is 0.00551. The van der Waals surface area contributed by atoms with Crippen molar-refractivity contribution >= 4 is 17.1 Å². The molecule has 8 heteroatoms. The summed E-state index contributed by atoms with van der Waals surface area (Å²) in [6, 6.07) is 0. The normalized spacial score (nSPS) is 11.8. The number of aromatic nitrogens is 4. The van der Waals surface area contributed by atoms with E-state index in [0.29, 0.717) is 16.9 Å². The van der Waals surface area contributed by atoms with E-state index in [2.05, 4.69) is 25.2 Å². The monoisotopic (exact) mass is 335 g/mol. The number of aliphatic hydroxyl groups excluding tert-OH is 1. The predicted octanol–water partition coefficient (Wildman–Crippen LogP) is 3.58. The van der Waals surface area contributed by atoms with Gasteiger partial charge in [0.15, 0.2) is 0 Å². The number of aryl methyl sites for hydroxylation is 1. The van der Waals surface area contributed by atoms with Crippen LogP contribution in [-0.4, -0.2) is 20.1 Å². The lowest BCUT2D eigenvalue weighted by atomic mass is 10.3. The number of hydrogen-bond donors (Lipinski definition) is 3. The van der Waals surface area contributed by atoms with Crippen LogP contribution in [0.5, 0.6) is 0 Å². The summed E-state index contributed by atoms with van der Waals surface area (Å²) in [6.07, 6.45) is 4.72. The highest BCUT2D eigenvalue weighted by Crippen LogP contribution is 2.12. The molecule has 0 aliphatic rings. The van der Waals surface area contributed by atoms with Crippen molar-refractivity contribution in [3.8, 4) is 0 Å². The first-order valence-electron chi connectivity index (χ1n) is 7.97. The zero-order valence-electron chi connectivity index (χ0n) is 15.4. The van der Waals surface area contributed by atoms with Gasteiger partial charge in [0.25, 0.3) is 17.1 Å². The largest absolute Gasteiger partial charge is 0.506 e. The van der Waals surface area contributed by atoms with Gasteiger partial charge in [-0.3, -0.25) is 9.78 Å². The Balaban J connectivity index is 0.00000123. The lowest BCUT2D eigenvalue weighted by Crippen LogP contribution is -2.30. The van der Waals surface area contributed by atoms with Gasteiger partial charge in [-0.2, -0.15) is 4.98 Å². The molecule has 0 saturated heterocycles. The van der Waals surface area contributed by atoms with Gasteiger partial charge in [-0.1, -0.05) is 33.8 Å². The molecule has 2 heterocycles. The Labute approximate surface area is 141 Å².